The van der Waals surface area contributed by atoms with E-state index in [0.29, 0.717) is 21.6 Å². The van der Waals surface area contributed by atoms with E-state index in [1.165, 1.54) is 17.8 Å². The molecule has 4 nitrogen and oxygen atoms in total. The number of amides is 1. The molecule has 1 heterocycles. The standard InChI is InChI=1S/C22H16BrClN2O2S/c1-2-14-5-3-4-6-20(14)26-21(27)15(13-25)11-17-12-19(23)22(28-17)29-18-9-7-16(24)8-10-18/h3-12H,2H2,1H3,(H,26,27)/b15-11-. The predicted molar refractivity (Wildman–Crippen MR) is 120 cm³/mol. The Labute approximate surface area is 186 Å². The number of nitrogens with zero attached hydrogens (tertiary/aromatic N) is 1. The number of carbonyl (C=O) groups excluding carboxylic acids is 1. The molecule has 3 rings (SSSR count). The number of nitriles is 1. The Morgan fingerprint density at radius 2 is 2.00 bits per heavy atom. The topological polar surface area (TPSA) is 66.0 Å². The van der Waals surface area contributed by atoms with E-state index in [4.69, 9.17) is 16.0 Å². The van der Waals surface area contributed by atoms with Crippen LogP contribution in [0, 0.1) is 11.3 Å². The number of aryl methyl sites for hydroxylation is 1. The Morgan fingerprint density at radius 1 is 1.28 bits per heavy atom. The van der Waals surface area contributed by atoms with Crippen LogP contribution in [0.1, 0.15) is 18.2 Å². The molecule has 1 N–H and O–H groups in total. The molecule has 0 aliphatic carbocycles. The summed E-state index contributed by atoms with van der Waals surface area (Å²) in [5.41, 5.74) is 1.65. The fraction of sp³-hybridized carbons (Fsp3) is 0.0909. The lowest BCUT2D eigenvalue weighted by Crippen LogP contribution is -2.14. The van der Waals surface area contributed by atoms with Gasteiger partial charge >= 0.3 is 0 Å². The summed E-state index contributed by atoms with van der Waals surface area (Å²) in [6.45, 7) is 2.01. The first-order valence-electron chi connectivity index (χ1n) is 8.74. The Bertz CT molecular complexity index is 1100. The lowest BCUT2D eigenvalue weighted by molar-refractivity contribution is -0.112. The van der Waals surface area contributed by atoms with Gasteiger partial charge in [-0.3, -0.25) is 4.79 Å². The third-order valence-electron chi connectivity index (χ3n) is 4.00. The number of para-hydroxylation sites is 1. The van der Waals surface area contributed by atoms with Crippen LogP contribution in [0.15, 0.2) is 79.0 Å². The third kappa shape index (κ3) is 5.54. The maximum absolute atomic E-state index is 12.6. The molecule has 3 aromatic rings. The van der Waals surface area contributed by atoms with Crippen LogP contribution in [-0.4, -0.2) is 5.91 Å². The highest BCUT2D eigenvalue weighted by Gasteiger charge is 2.15. The highest BCUT2D eigenvalue weighted by Crippen LogP contribution is 2.37. The van der Waals surface area contributed by atoms with Gasteiger partial charge in [-0.15, -0.1) is 0 Å². The number of rotatable bonds is 6. The van der Waals surface area contributed by atoms with Crippen LogP contribution in [0.2, 0.25) is 5.02 Å². The lowest BCUT2D eigenvalue weighted by atomic mass is 10.1. The SMILES string of the molecule is CCc1ccccc1NC(=O)/C(C#N)=C\c1cc(Br)c(Sc2ccc(Cl)cc2)o1. The summed E-state index contributed by atoms with van der Waals surface area (Å²) in [5, 5.41) is 13.5. The molecule has 0 aliphatic heterocycles. The van der Waals surface area contributed by atoms with Gasteiger partial charge in [0.05, 0.1) is 4.47 Å². The predicted octanol–water partition coefficient (Wildman–Crippen LogP) is 6.95. The highest BCUT2D eigenvalue weighted by atomic mass is 79.9. The van der Waals surface area contributed by atoms with E-state index in [2.05, 4.69) is 21.2 Å². The van der Waals surface area contributed by atoms with Crippen LogP contribution in [0.4, 0.5) is 5.69 Å². The quantitative estimate of drug-likeness (QED) is 0.302. The molecule has 1 aromatic heterocycles. The molecular weight excluding hydrogens is 472 g/mol. The van der Waals surface area contributed by atoms with Gasteiger partial charge in [0.2, 0.25) is 0 Å². The minimum Gasteiger partial charge on any atom is -0.449 e. The van der Waals surface area contributed by atoms with Crippen LogP contribution in [0.5, 0.6) is 0 Å². The van der Waals surface area contributed by atoms with Crippen molar-refractivity contribution in [1.29, 1.82) is 5.26 Å². The summed E-state index contributed by atoms with van der Waals surface area (Å²) in [6, 6.07) is 18.5. The normalized spacial score (nSPS) is 11.2. The summed E-state index contributed by atoms with van der Waals surface area (Å²) >= 11 is 10.8. The zero-order valence-corrected chi connectivity index (χ0v) is 18.6. The van der Waals surface area contributed by atoms with Gasteiger partial charge in [0.1, 0.15) is 17.4 Å². The molecule has 0 radical (unpaired) electrons. The molecule has 0 fully saturated rings. The van der Waals surface area contributed by atoms with Crippen molar-refractivity contribution in [2.75, 3.05) is 5.32 Å². The molecule has 1 amide bonds. The summed E-state index contributed by atoms with van der Waals surface area (Å²) in [4.78, 5) is 13.5. The van der Waals surface area contributed by atoms with Crippen molar-refractivity contribution < 1.29 is 9.21 Å². The van der Waals surface area contributed by atoms with Gasteiger partial charge in [-0.05, 0) is 64.3 Å². The molecule has 0 saturated heterocycles. The lowest BCUT2D eigenvalue weighted by Gasteiger charge is -2.08. The summed E-state index contributed by atoms with van der Waals surface area (Å²) in [7, 11) is 0. The van der Waals surface area contributed by atoms with E-state index in [9.17, 15) is 10.1 Å². The van der Waals surface area contributed by atoms with Gasteiger partial charge in [0.25, 0.3) is 5.91 Å². The molecule has 29 heavy (non-hydrogen) atoms. The maximum atomic E-state index is 12.6. The second-order valence-electron chi connectivity index (χ2n) is 5.97. The minimum absolute atomic E-state index is 0.0415. The first kappa shape index (κ1) is 21.3. The monoisotopic (exact) mass is 486 g/mol. The molecule has 146 valence electrons. The van der Waals surface area contributed by atoms with Crippen molar-refractivity contribution in [3.63, 3.8) is 0 Å². The second-order valence-corrected chi connectivity index (χ2v) is 8.31. The Kier molecular flexibility index (Phi) is 7.21. The van der Waals surface area contributed by atoms with Crippen molar-refractivity contribution in [2.45, 2.75) is 23.3 Å². The van der Waals surface area contributed by atoms with E-state index >= 15 is 0 Å². The molecule has 0 atom stereocenters. The smallest absolute Gasteiger partial charge is 0.266 e. The van der Waals surface area contributed by atoms with E-state index in [0.717, 1.165) is 21.4 Å². The minimum atomic E-state index is -0.479. The molecule has 7 heteroatoms. The summed E-state index contributed by atoms with van der Waals surface area (Å²) in [5.74, 6) is -0.0726. The van der Waals surface area contributed by atoms with Crippen molar-refractivity contribution in [1.82, 2.24) is 0 Å². The molecule has 2 aromatic carbocycles. The van der Waals surface area contributed by atoms with E-state index < -0.39 is 5.91 Å². The van der Waals surface area contributed by atoms with Crippen molar-refractivity contribution in [3.8, 4) is 6.07 Å². The van der Waals surface area contributed by atoms with Crippen LogP contribution >= 0.6 is 39.3 Å². The molecule has 0 saturated carbocycles. The molecule has 0 spiro atoms. The summed E-state index contributed by atoms with van der Waals surface area (Å²) < 4.78 is 6.54. The van der Waals surface area contributed by atoms with E-state index in [1.54, 1.807) is 18.2 Å². The fourth-order valence-corrected chi connectivity index (χ4v) is 4.01. The highest BCUT2D eigenvalue weighted by molar-refractivity contribution is 9.10. The number of anilines is 1. The first-order valence-corrected chi connectivity index (χ1v) is 10.7. The van der Waals surface area contributed by atoms with Crippen LogP contribution < -0.4 is 5.32 Å². The van der Waals surface area contributed by atoms with Crippen molar-refractivity contribution in [3.05, 3.63) is 81.0 Å². The Balaban J connectivity index is 1.79. The van der Waals surface area contributed by atoms with E-state index in [1.807, 2.05) is 49.4 Å². The van der Waals surface area contributed by atoms with Crippen LogP contribution in [0.25, 0.3) is 6.08 Å². The maximum Gasteiger partial charge on any atom is 0.266 e. The zero-order valence-electron chi connectivity index (χ0n) is 15.4. The number of hydrogen-bond donors (Lipinski definition) is 1. The number of nitrogens with one attached hydrogen (secondary N) is 1. The number of benzene rings is 2. The number of hydrogen-bond acceptors (Lipinski definition) is 4. The molecule has 0 aliphatic rings. The first-order chi connectivity index (χ1) is 14.0. The zero-order chi connectivity index (χ0) is 20.8. The van der Waals surface area contributed by atoms with Crippen molar-refractivity contribution >= 4 is 57.0 Å². The largest absolute Gasteiger partial charge is 0.449 e. The van der Waals surface area contributed by atoms with Gasteiger partial charge in [0, 0.05) is 21.7 Å². The number of furan rings is 1. The Morgan fingerprint density at radius 3 is 2.69 bits per heavy atom. The van der Waals surface area contributed by atoms with Gasteiger partial charge in [-0.25, -0.2) is 0 Å². The molecule has 0 bridgehead atoms. The van der Waals surface area contributed by atoms with Crippen molar-refractivity contribution in [2.24, 2.45) is 0 Å². The number of carbonyl (C=O) groups is 1. The fourth-order valence-electron chi connectivity index (χ4n) is 2.55. The summed E-state index contributed by atoms with van der Waals surface area (Å²) in [6.07, 6.45) is 2.21. The molecular formula is C22H16BrClN2O2S. The number of halogens is 2. The van der Waals surface area contributed by atoms with Crippen LogP contribution in [0.3, 0.4) is 0 Å². The van der Waals surface area contributed by atoms with E-state index in [-0.39, 0.29) is 5.57 Å². The van der Waals surface area contributed by atoms with Gasteiger partial charge in [-0.1, -0.05) is 48.5 Å². The average Bonchev–Trinajstić information content (AvgIpc) is 3.07. The second kappa shape index (κ2) is 9.84. The molecule has 0 unspecified atom stereocenters. The van der Waals surface area contributed by atoms with Gasteiger partial charge in [-0.2, -0.15) is 5.26 Å². The van der Waals surface area contributed by atoms with Crippen LogP contribution in [-0.2, 0) is 11.2 Å². The Hall–Kier alpha value is -2.46. The van der Waals surface area contributed by atoms with Gasteiger partial charge < -0.3 is 9.73 Å². The third-order valence-corrected chi connectivity index (χ3v) is 6.10. The van der Waals surface area contributed by atoms with Gasteiger partial charge in [0.15, 0.2) is 5.09 Å². The average molecular weight is 488 g/mol.